The first-order valence-corrected chi connectivity index (χ1v) is 6.22. The van der Waals surface area contributed by atoms with Gasteiger partial charge in [-0.1, -0.05) is 6.07 Å². The van der Waals surface area contributed by atoms with E-state index in [4.69, 9.17) is 11.5 Å². The summed E-state index contributed by atoms with van der Waals surface area (Å²) < 4.78 is 25.7. The van der Waals surface area contributed by atoms with Crippen molar-refractivity contribution in [2.45, 2.75) is 11.3 Å². The van der Waals surface area contributed by atoms with Crippen LogP contribution in [0.3, 0.4) is 0 Å². The van der Waals surface area contributed by atoms with Crippen LogP contribution in [-0.4, -0.2) is 26.0 Å². The van der Waals surface area contributed by atoms with Gasteiger partial charge in [0.2, 0.25) is 10.0 Å². The zero-order valence-corrected chi connectivity index (χ0v) is 9.70. The normalized spacial score (nSPS) is 10.8. The highest BCUT2D eigenvalue weighted by Crippen LogP contribution is 2.11. The Morgan fingerprint density at radius 2 is 2.18 bits per heavy atom. The molecule has 0 fully saturated rings. The molecule has 0 aliphatic rings. The molecule has 1 rings (SSSR count). The van der Waals surface area contributed by atoms with E-state index in [9.17, 15) is 13.2 Å². The molecule has 2 N–H and O–H groups in total. The van der Waals surface area contributed by atoms with E-state index in [-0.39, 0.29) is 23.4 Å². The topological polar surface area (TPSA) is 83.5 Å². The molecule has 0 aliphatic carbocycles. The first kappa shape index (κ1) is 13.2. The quantitative estimate of drug-likeness (QED) is 0.597. The number of aromatic carboxylic acids is 1. The predicted molar refractivity (Wildman–Crippen MR) is 62.0 cm³/mol. The Bertz CT molecular complexity index is 557. The summed E-state index contributed by atoms with van der Waals surface area (Å²) in [6, 6.07) is 5.12. The molecule has 0 radical (unpaired) electrons. The smallest absolute Gasteiger partial charge is 0.335 e. The largest absolute Gasteiger partial charge is 0.478 e. The number of hydrogen-bond acceptors (Lipinski definition) is 3. The van der Waals surface area contributed by atoms with Crippen LogP contribution in [0.2, 0.25) is 0 Å². The monoisotopic (exact) mass is 253 g/mol. The van der Waals surface area contributed by atoms with Crippen LogP contribution in [0.4, 0.5) is 0 Å². The third-order valence-corrected chi connectivity index (χ3v) is 3.41. The number of rotatable bonds is 5. The van der Waals surface area contributed by atoms with Gasteiger partial charge in [-0.15, -0.1) is 12.3 Å². The molecule has 1 aromatic carbocycles. The van der Waals surface area contributed by atoms with Gasteiger partial charge in [-0.3, -0.25) is 0 Å². The summed E-state index contributed by atoms with van der Waals surface area (Å²) in [7, 11) is -3.70. The molecule has 17 heavy (non-hydrogen) atoms. The summed E-state index contributed by atoms with van der Waals surface area (Å²) in [4.78, 5) is 10.6. The second-order valence-electron chi connectivity index (χ2n) is 3.18. The predicted octanol–water partition coefficient (Wildman–Crippen LogP) is 0.686. The molecule has 0 spiro atoms. The highest BCUT2D eigenvalue weighted by molar-refractivity contribution is 7.89. The maximum Gasteiger partial charge on any atom is 0.335 e. The van der Waals surface area contributed by atoms with Crippen molar-refractivity contribution in [2.75, 3.05) is 6.54 Å². The van der Waals surface area contributed by atoms with Crippen molar-refractivity contribution in [3.05, 3.63) is 29.8 Å². The van der Waals surface area contributed by atoms with Gasteiger partial charge in [0.1, 0.15) is 0 Å². The SMILES string of the molecule is C#CCCNS(=O)(=O)c1cccc(C(=O)O)c1. The number of terminal acetylenes is 1. The minimum atomic E-state index is -3.70. The first-order valence-electron chi connectivity index (χ1n) is 4.74. The van der Waals surface area contributed by atoms with E-state index in [0.717, 1.165) is 6.07 Å². The maximum atomic E-state index is 11.7. The Morgan fingerprint density at radius 1 is 1.47 bits per heavy atom. The van der Waals surface area contributed by atoms with Crippen molar-refractivity contribution in [3.8, 4) is 12.3 Å². The minimum Gasteiger partial charge on any atom is -0.478 e. The summed E-state index contributed by atoms with van der Waals surface area (Å²) in [5, 5.41) is 8.75. The Balaban J connectivity index is 2.96. The third kappa shape index (κ3) is 3.59. The van der Waals surface area contributed by atoms with E-state index < -0.39 is 16.0 Å². The van der Waals surface area contributed by atoms with Gasteiger partial charge < -0.3 is 5.11 Å². The van der Waals surface area contributed by atoms with E-state index in [1.165, 1.54) is 18.2 Å². The van der Waals surface area contributed by atoms with Gasteiger partial charge in [0.25, 0.3) is 0 Å². The maximum absolute atomic E-state index is 11.7. The molecule has 0 unspecified atom stereocenters. The summed E-state index contributed by atoms with van der Waals surface area (Å²) >= 11 is 0. The van der Waals surface area contributed by atoms with Crippen LogP contribution in [-0.2, 0) is 10.0 Å². The fourth-order valence-corrected chi connectivity index (χ4v) is 2.21. The molecular weight excluding hydrogens is 242 g/mol. The molecule has 0 aliphatic heterocycles. The molecule has 0 amide bonds. The van der Waals surface area contributed by atoms with Gasteiger partial charge >= 0.3 is 5.97 Å². The molecule has 5 nitrogen and oxygen atoms in total. The van der Waals surface area contributed by atoms with Crippen molar-refractivity contribution in [2.24, 2.45) is 0 Å². The minimum absolute atomic E-state index is 0.0789. The highest BCUT2D eigenvalue weighted by atomic mass is 32.2. The first-order chi connectivity index (χ1) is 7.97. The number of carboxylic acids is 1. The van der Waals surface area contributed by atoms with Gasteiger partial charge in [-0.2, -0.15) is 0 Å². The third-order valence-electron chi connectivity index (χ3n) is 1.95. The zero-order valence-electron chi connectivity index (χ0n) is 8.88. The van der Waals surface area contributed by atoms with Crippen LogP contribution in [0.5, 0.6) is 0 Å². The van der Waals surface area contributed by atoms with E-state index >= 15 is 0 Å². The Morgan fingerprint density at radius 3 is 2.76 bits per heavy atom. The molecule has 0 saturated carbocycles. The van der Waals surface area contributed by atoms with Crippen molar-refractivity contribution >= 4 is 16.0 Å². The Kier molecular flexibility index (Phi) is 4.26. The summed E-state index contributed by atoms with van der Waals surface area (Å²) in [6.45, 7) is 0.121. The molecular formula is C11H11NO4S. The number of hydrogen-bond donors (Lipinski definition) is 2. The molecule has 6 heteroatoms. The van der Waals surface area contributed by atoms with Crippen LogP contribution in [0.15, 0.2) is 29.2 Å². The lowest BCUT2D eigenvalue weighted by Gasteiger charge is -2.05. The highest BCUT2D eigenvalue weighted by Gasteiger charge is 2.14. The lowest BCUT2D eigenvalue weighted by molar-refractivity contribution is 0.0696. The van der Waals surface area contributed by atoms with Crippen LogP contribution in [0, 0.1) is 12.3 Å². The molecule has 0 atom stereocenters. The molecule has 1 aromatic rings. The molecule has 0 bridgehead atoms. The van der Waals surface area contributed by atoms with Crippen molar-refractivity contribution in [3.63, 3.8) is 0 Å². The Labute approximate surface area is 99.5 Å². The van der Waals surface area contributed by atoms with Crippen LogP contribution in [0.25, 0.3) is 0 Å². The second kappa shape index (κ2) is 5.48. The molecule has 0 aromatic heterocycles. The lowest BCUT2D eigenvalue weighted by Crippen LogP contribution is -2.24. The van der Waals surface area contributed by atoms with Gasteiger partial charge in [0.15, 0.2) is 0 Å². The van der Waals surface area contributed by atoms with Gasteiger partial charge in [0.05, 0.1) is 10.5 Å². The molecule has 0 saturated heterocycles. The average Bonchev–Trinajstić information content (AvgIpc) is 2.29. The van der Waals surface area contributed by atoms with E-state index in [1.807, 2.05) is 0 Å². The van der Waals surface area contributed by atoms with E-state index in [1.54, 1.807) is 0 Å². The average molecular weight is 253 g/mol. The van der Waals surface area contributed by atoms with Crippen molar-refractivity contribution in [1.82, 2.24) is 4.72 Å². The van der Waals surface area contributed by atoms with Crippen molar-refractivity contribution < 1.29 is 18.3 Å². The number of sulfonamides is 1. The number of carbonyl (C=O) groups is 1. The molecule has 0 heterocycles. The summed E-state index contributed by atoms with van der Waals surface area (Å²) in [5.41, 5.74) is -0.0789. The van der Waals surface area contributed by atoms with Crippen LogP contribution in [0.1, 0.15) is 16.8 Å². The number of nitrogens with one attached hydrogen (secondary N) is 1. The zero-order chi connectivity index (χ0) is 12.9. The van der Waals surface area contributed by atoms with Gasteiger partial charge in [-0.05, 0) is 18.2 Å². The van der Waals surface area contributed by atoms with E-state index in [2.05, 4.69) is 10.6 Å². The Hall–Kier alpha value is -1.84. The summed E-state index contributed by atoms with van der Waals surface area (Å²) in [6.07, 6.45) is 5.27. The molecule has 90 valence electrons. The van der Waals surface area contributed by atoms with Gasteiger partial charge in [0, 0.05) is 13.0 Å². The van der Waals surface area contributed by atoms with Gasteiger partial charge in [-0.25, -0.2) is 17.9 Å². The number of carboxylic acid groups (broad SMARTS) is 1. The van der Waals surface area contributed by atoms with Crippen molar-refractivity contribution in [1.29, 1.82) is 0 Å². The standard InChI is InChI=1S/C11H11NO4S/c1-2-3-7-12-17(15,16)10-6-4-5-9(8-10)11(13)14/h1,4-6,8,12H,3,7H2,(H,13,14). The fraction of sp³-hybridized carbons (Fsp3) is 0.182. The number of benzene rings is 1. The fourth-order valence-electron chi connectivity index (χ4n) is 1.14. The van der Waals surface area contributed by atoms with E-state index in [0.29, 0.717) is 0 Å². The lowest BCUT2D eigenvalue weighted by atomic mass is 10.2. The second-order valence-corrected chi connectivity index (χ2v) is 4.95. The van der Waals surface area contributed by atoms with Crippen LogP contribution >= 0.6 is 0 Å². The summed E-state index contributed by atoms with van der Waals surface area (Å²) in [5.74, 6) is 1.12. The van der Waals surface area contributed by atoms with Crippen LogP contribution < -0.4 is 4.72 Å².